The van der Waals surface area contributed by atoms with Gasteiger partial charge in [-0.15, -0.1) is 0 Å². The van der Waals surface area contributed by atoms with Gasteiger partial charge in [0.1, 0.15) is 0 Å². The minimum atomic E-state index is -3.79. The monoisotopic (exact) mass is 389 g/mol. The SMILES string of the molecule is N#CCCNC(=O)C=Cc1ccc(Cl)cc1NS(=O)(=O)c1ccccc1. The number of carbonyl (C=O) groups is 1. The molecule has 0 aliphatic carbocycles. The molecule has 0 aliphatic rings. The van der Waals surface area contributed by atoms with E-state index in [0.717, 1.165) is 0 Å². The van der Waals surface area contributed by atoms with Crippen molar-refractivity contribution in [3.63, 3.8) is 0 Å². The van der Waals surface area contributed by atoms with E-state index in [2.05, 4.69) is 10.0 Å². The summed E-state index contributed by atoms with van der Waals surface area (Å²) in [6.45, 7) is 0.244. The molecular weight excluding hydrogens is 374 g/mol. The molecule has 8 heteroatoms. The zero-order valence-corrected chi connectivity index (χ0v) is 15.2. The summed E-state index contributed by atoms with van der Waals surface area (Å²) in [7, 11) is -3.79. The highest BCUT2D eigenvalue weighted by Gasteiger charge is 2.15. The lowest BCUT2D eigenvalue weighted by molar-refractivity contribution is -0.116. The Labute approximate surface area is 157 Å². The van der Waals surface area contributed by atoms with Gasteiger partial charge in [0.2, 0.25) is 5.91 Å². The fraction of sp³-hybridized carbons (Fsp3) is 0.111. The molecule has 2 aromatic rings. The topological polar surface area (TPSA) is 99.1 Å². The van der Waals surface area contributed by atoms with Gasteiger partial charge in [-0.3, -0.25) is 9.52 Å². The first kappa shape index (κ1) is 19.5. The molecule has 0 spiro atoms. The average Bonchev–Trinajstić information content (AvgIpc) is 2.62. The predicted octanol–water partition coefficient (Wildman–Crippen LogP) is 3.18. The third-order valence-corrected chi connectivity index (χ3v) is 4.88. The van der Waals surface area contributed by atoms with Crippen LogP contribution in [0.2, 0.25) is 5.02 Å². The molecule has 2 rings (SSSR count). The van der Waals surface area contributed by atoms with Crippen molar-refractivity contribution in [3.05, 3.63) is 65.2 Å². The molecule has 0 unspecified atom stereocenters. The minimum Gasteiger partial charge on any atom is -0.352 e. The summed E-state index contributed by atoms with van der Waals surface area (Å²) >= 11 is 5.97. The fourth-order valence-corrected chi connectivity index (χ4v) is 3.30. The summed E-state index contributed by atoms with van der Waals surface area (Å²) in [5.74, 6) is -0.382. The number of amides is 1. The van der Waals surface area contributed by atoms with E-state index >= 15 is 0 Å². The average molecular weight is 390 g/mol. The number of nitrogens with zero attached hydrogens (tertiary/aromatic N) is 1. The Balaban J connectivity index is 2.23. The third-order valence-electron chi connectivity index (χ3n) is 3.26. The largest absolute Gasteiger partial charge is 0.352 e. The van der Waals surface area contributed by atoms with Crippen LogP contribution in [0.1, 0.15) is 12.0 Å². The molecule has 0 bridgehead atoms. The number of carbonyl (C=O) groups excluding carboxylic acids is 1. The number of rotatable bonds is 7. The number of anilines is 1. The number of nitriles is 1. The van der Waals surface area contributed by atoms with Crippen molar-refractivity contribution in [1.82, 2.24) is 5.32 Å². The first-order valence-electron chi connectivity index (χ1n) is 7.62. The number of hydrogen-bond acceptors (Lipinski definition) is 4. The minimum absolute atomic E-state index is 0.115. The van der Waals surface area contributed by atoms with Crippen molar-refractivity contribution >= 4 is 39.3 Å². The van der Waals surface area contributed by atoms with Crippen LogP contribution in [0.4, 0.5) is 5.69 Å². The zero-order valence-electron chi connectivity index (χ0n) is 13.6. The van der Waals surface area contributed by atoms with E-state index in [4.69, 9.17) is 16.9 Å². The van der Waals surface area contributed by atoms with Gasteiger partial charge < -0.3 is 5.32 Å². The number of halogens is 1. The Morgan fingerprint density at radius 3 is 2.62 bits per heavy atom. The van der Waals surface area contributed by atoms with Gasteiger partial charge in [0.25, 0.3) is 10.0 Å². The summed E-state index contributed by atoms with van der Waals surface area (Å²) < 4.78 is 27.5. The Bertz CT molecular complexity index is 951. The van der Waals surface area contributed by atoms with Crippen LogP contribution < -0.4 is 10.0 Å². The van der Waals surface area contributed by atoms with Crippen LogP contribution >= 0.6 is 11.6 Å². The van der Waals surface area contributed by atoms with E-state index in [0.29, 0.717) is 10.6 Å². The second kappa shape index (κ2) is 9.04. The molecule has 134 valence electrons. The third kappa shape index (κ3) is 5.62. The van der Waals surface area contributed by atoms with Gasteiger partial charge in [-0.05, 0) is 35.9 Å². The summed E-state index contributed by atoms with van der Waals surface area (Å²) in [5, 5.41) is 11.4. The summed E-state index contributed by atoms with van der Waals surface area (Å²) in [6, 6.07) is 14.5. The molecule has 2 N–H and O–H groups in total. The van der Waals surface area contributed by atoms with E-state index in [1.54, 1.807) is 30.3 Å². The maximum atomic E-state index is 12.5. The van der Waals surface area contributed by atoms with E-state index in [-0.39, 0.29) is 29.5 Å². The van der Waals surface area contributed by atoms with E-state index in [1.807, 2.05) is 6.07 Å². The van der Waals surface area contributed by atoms with Crippen molar-refractivity contribution in [3.8, 4) is 6.07 Å². The molecule has 26 heavy (non-hydrogen) atoms. The normalized spacial score (nSPS) is 11.1. The summed E-state index contributed by atoms with van der Waals surface area (Å²) in [5.41, 5.74) is 0.728. The highest BCUT2D eigenvalue weighted by molar-refractivity contribution is 7.92. The van der Waals surface area contributed by atoms with E-state index in [9.17, 15) is 13.2 Å². The molecule has 0 saturated carbocycles. The van der Waals surface area contributed by atoms with Crippen LogP contribution in [0.25, 0.3) is 6.08 Å². The van der Waals surface area contributed by atoms with E-state index in [1.165, 1.54) is 30.4 Å². The number of benzene rings is 2. The predicted molar refractivity (Wildman–Crippen MR) is 101 cm³/mol. The van der Waals surface area contributed by atoms with Crippen LogP contribution in [0.5, 0.6) is 0 Å². The van der Waals surface area contributed by atoms with Crippen LogP contribution in [-0.4, -0.2) is 20.9 Å². The Morgan fingerprint density at radius 1 is 1.19 bits per heavy atom. The number of nitrogens with one attached hydrogen (secondary N) is 2. The molecule has 0 heterocycles. The molecule has 2 aromatic carbocycles. The van der Waals surface area contributed by atoms with Crippen molar-refractivity contribution in [1.29, 1.82) is 5.26 Å². The van der Waals surface area contributed by atoms with Crippen molar-refractivity contribution < 1.29 is 13.2 Å². The van der Waals surface area contributed by atoms with Gasteiger partial charge in [-0.25, -0.2) is 8.42 Å². The van der Waals surface area contributed by atoms with Crippen LogP contribution in [-0.2, 0) is 14.8 Å². The number of hydrogen-bond donors (Lipinski definition) is 2. The van der Waals surface area contributed by atoms with Crippen molar-refractivity contribution in [2.45, 2.75) is 11.3 Å². The lowest BCUT2D eigenvalue weighted by Crippen LogP contribution is -2.21. The number of sulfonamides is 1. The molecule has 0 atom stereocenters. The summed E-state index contributed by atoms with van der Waals surface area (Å²) in [4.78, 5) is 11.8. The molecule has 1 amide bonds. The molecular formula is C18H16ClN3O3S. The highest BCUT2D eigenvalue weighted by atomic mass is 35.5. The first-order chi connectivity index (χ1) is 12.4. The van der Waals surface area contributed by atoms with E-state index < -0.39 is 10.0 Å². The summed E-state index contributed by atoms with van der Waals surface area (Å²) in [6.07, 6.45) is 2.95. The Morgan fingerprint density at radius 2 is 1.92 bits per heavy atom. The van der Waals surface area contributed by atoms with Gasteiger partial charge in [-0.2, -0.15) is 5.26 Å². The van der Waals surface area contributed by atoms with Crippen LogP contribution in [0.3, 0.4) is 0 Å². The second-order valence-corrected chi connectivity index (χ2v) is 7.30. The quantitative estimate of drug-likeness (QED) is 0.561. The maximum absolute atomic E-state index is 12.5. The molecule has 0 fully saturated rings. The van der Waals surface area contributed by atoms with Crippen LogP contribution in [0, 0.1) is 11.3 Å². The molecule has 0 saturated heterocycles. The van der Waals surface area contributed by atoms with Gasteiger partial charge in [0.05, 0.1) is 23.1 Å². The van der Waals surface area contributed by atoms with Crippen LogP contribution in [0.15, 0.2) is 59.5 Å². The smallest absolute Gasteiger partial charge is 0.261 e. The van der Waals surface area contributed by atoms with Gasteiger partial charge in [-0.1, -0.05) is 35.9 Å². The van der Waals surface area contributed by atoms with Gasteiger partial charge >= 0.3 is 0 Å². The molecule has 0 radical (unpaired) electrons. The van der Waals surface area contributed by atoms with Crippen molar-refractivity contribution in [2.75, 3.05) is 11.3 Å². The fourth-order valence-electron chi connectivity index (χ4n) is 2.03. The zero-order chi connectivity index (χ0) is 19.0. The Hall–Kier alpha value is -2.82. The lowest BCUT2D eigenvalue weighted by atomic mass is 10.1. The van der Waals surface area contributed by atoms with Gasteiger partial charge in [0.15, 0.2) is 0 Å². The lowest BCUT2D eigenvalue weighted by Gasteiger charge is -2.11. The highest BCUT2D eigenvalue weighted by Crippen LogP contribution is 2.25. The van der Waals surface area contributed by atoms with Gasteiger partial charge in [0, 0.05) is 17.6 Å². The standard InChI is InChI=1S/C18H16ClN3O3S/c19-15-9-7-14(8-10-18(23)21-12-4-11-20)17(13-15)22-26(24,25)16-5-2-1-3-6-16/h1-3,5-10,13,22H,4,12H2,(H,21,23). The molecule has 6 nitrogen and oxygen atoms in total. The molecule has 0 aromatic heterocycles. The van der Waals surface area contributed by atoms with Crippen molar-refractivity contribution in [2.24, 2.45) is 0 Å². The second-order valence-electron chi connectivity index (χ2n) is 5.18. The maximum Gasteiger partial charge on any atom is 0.261 e. The first-order valence-corrected chi connectivity index (χ1v) is 9.49. The molecule has 0 aliphatic heterocycles. The Kier molecular flexibility index (Phi) is 6.78.